The number of nitrogens with zero attached hydrogens (tertiary/aromatic N) is 4. The lowest BCUT2D eigenvalue weighted by atomic mass is 10.3. The molecule has 3 aromatic rings. The third-order valence-corrected chi connectivity index (χ3v) is 2.94. The molecule has 0 unspecified atom stereocenters. The van der Waals surface area contributed by atoms with Crippen LogP contribution in [0.2, 0.25) is 0 Å². The first-order valence-corrected chi connectivity index (χ1v) is 6.62. The zero-order valence-electron chi connectivity index (χ0n) is 11.7. The number of benzene rings is 1. The van der Waals surface area contributed by atoms with Crippen molar-refractivity contribution >= 4 is 17.3 Å². The van der Waals surface area contributed by atoms with Crippen LogP contribution in [0, 0.1) is 6.92 Å². The van der Waals surface area contributed by atoms with Gasteiger partial charge < -0.3 is 15.8 Å². The molecule has 3 rings (SSSR count). The van der Waals surface area contributed by atoms with Crippen molar-refractivity contribution in [1.82, 2.24) is 19.6 Å². The van der Waals surface area contributed by atoms with Crippen LogP contribution in [0.25, 0.3) is 5.78 Å². The first-order valence-electron chi connectivity index (χ1n) is 6.62. The van der Waals surface area contributed by atoms with E-state index in [0.29, 0.717) is 18.9 Å². The van der Waals surface area contributed by atoms with Crippen molar-refractivity contribution in [3.63, 3.8) is 0 Å². The highest BCUT2D eigenvalue weighted by molar-refractivity contribution is 5.44. The zero-order valence-corrected chi connectivity index (χ0v) is 11.7. The maximum Gasteiger partial charge on any atom is 0.254 e. The Morgan fingerprint density at radius 2 is 2.10 bits per heavy atom. The number of nitrogens with two attached hydrogens (primary N) is 1. The van der Waals surface area contributed by atoms with Gasteiger partial charge in [-0.15, -0.1) is 0 Å². The van der Waals surface area contributed by atoms with Gasteiger partial charge in [0.25, 0.3) is 5.78 Å². The van der Waals surface area contributed by atoms with E-state index in [4.69, 9.17) is 10.5 Å². The molecule has 0 aliphatic heterocycles. The fourth-order valence-electron chi connectivity index (χ4n) is 1.97. The van der Waals surface area contributed by atoms with Gasteiger partial charge in [-0.1, -0.05) is 0 Å². The normalized spacial score (nSPS) is 10.7. The molecule has 0 aliphatic carbocycles. The Kier molecular flexibility index (Phi) is 3.55. The van der Waals surface area contributed by atoms with Crippen molar-refractivity contribution in [3.8, 4) is 5.75 Å². The van der Waals surface area contributed by atoms with Gasteiger partial charge in [0.15, 0.2) is 0 Å². The minimum Gasteiger partial charge on any atom is -0.492 e. The SMILES string of the molecule is Cc1cc(NCCOc2ccc(N)cc2)n2ncnc2n1. The van der Waals surface area contributed by atoms with E-state index in [-0.39, 0.29) is 0 Å². The Morgan fingerprint density at radius 1 is 1.29 bits per heavy atom. The molecule has 0 aliphatic rings. The number of aryl methyl sites for hydroxylation is 1. The van der Waals surface area contributed by atoms with Gasteiger partial charge in [0.05, 0.1) is 6.54 Å². The van der Waals surface area contributed by atoms with E-state index in [9.17, 15) is 0 Å². The van der Waals surface area contributed by atoms with Crippen molar-refractivity contribution in [2.24, 2.45) is 0 Å². The Labute approximate surface area is 121 Å². The van der Waals surface area contributed by atoms with Gasteiger partial charge in [-0.05, 0) is 31.2 Å². The second-order valence-corrected chi connectivity index (χ2v) is 4.60. The van der Waals surface area contributed by atoms with Gasteiger partial charge in [0, 0.05) is 17.4 Å². The summed E-state index contributed by atoms with van der Waals surface area (Å²) >= 11 is 0. The molecule has 0 radical (unpaired) electrons. The summed E-state index contributed by atoms with van der Waals surface area (Å²) in [7, 11) is 0. The maximum atomic E-state index is 5.63. The zero-order chi connectivity index (χ0) is 14.7. The molecule has 0 amide bonds. The lowest BCUT2D eigenvalue weighted by molar-refractivity contribution is 0.332. The molecule has 21 heavy (non-hydrogen) atoms. The second-order valence-electron chi connectivity index (χ2n) is 4.60. The molecule has 0 saturated heterocycles. The summed E-state index contributed by atoms with van der Waals surface area (Å²) in [5, 5.41) is 7.40. The number of aromatic nitrogens is 4. The average molecular weight is 284 g/mol. The van der Waals surface area contributed by atoms with Gasteiger partial charge in [-0.25, -0.2) is 4.98 Å². The van der Waals surface area contributed by atoms with Crippen LogP contribution in [0.3, 0.4) is 0 Å². The van der Waals surface area contributed by atoms with Crippen LogP contribution < -0.4 is 15.8 Å². The van der Waals surface area contributed by atoms with E-state index in [1.165, 1.54) is 6.33 Å². The Hall–Kier alpha value is -2.83. The summed E-state index contributed by atoms with van der Waals surface area (Å²) < 4.78 is 7.29. The monoisotopic (exact) mass is 284 g/mol. The number of rotatable bonds is 5. The predicted molar refractivity (Wildman–Crippen MR) is 80.4 cm³/mol. The molecule has 108 valence electrons. The van der Waals surface area contributed by atoms with Crippen LogP contribution in [0.15, 0.2) is 36.7 Å². The van der Waals surface area contributed by atoms with Gasteiger partial charge in [-0.2, -0.15) is 14.6 Å². The summed E-state index contributed by atoms with van der Waals surface area (Å²) in [6.07, 6.45) is 1.48. The van der Waals surface area contributed by atoms with Crippen LogP contribution in [-0.2, 0) is 0 Å². The van der Waals surface area contributed by atoms with Crippen molar-refractivity contribution in [2.45, 2.75) is 6.92 Å². The molecule has 0 fully saturated rings. The van der Waals surface area contributed by atoms with Gasteiger partial charge in [-0.3, -0.25) is 0 Å². The van der Waals surface area contributed by atoms with Crippen LogP contribution in [0.4, 0.5) is 11.5 Å². The van der Waals surface area contributed by atoms with E-state index in [1.54, 1.807) is 4.52 Å². The topological polar surface area (TPSA) is 90.4 Å². The van der Waals surface area contributed by atoms with Gasteiger partial charge >= 0.3 is 0 Å². The highest BCUT2D eigenvalue weighted by atomic mass is 16.5. The minimum atomic E-state index is 0.529. The molecule has 0 bridgehead atoms. The Balaban J connectivity index is 1.59. The van der Waals surface area contributed by atoms with Gasteiger partial charge in [0.2, 0.25) is 0 Å². The Bertz CT molecular complexity index is 737. The maximum absolute atomic E-state index is 5.63. The Morgan fingerprint density at radius 3 is 2.90 bits per heavy atom. The largest absolute Gasteiger partial charge is 0.492 e. The highest BCUT2D eigenvalue weighted by Crippen LogP contribution is 2.13. The number of fused-ring (bicyclic) bond motifs is 1. The molecular formula is C14H16N6O. The molecule has 7 heteroatoms. The lowest BCUT2D eigenvalue weighted by Crippen LogP contribution is -2.14. The molecule has 2 aromatic heterocycles. The molecule has 3 N–H and O–H groups in total. The second kappa shape index (κ2) is 5.66. The first-order chi connectivity index (χ1) is 10.2. The average Bonchev–Trinajstić information content (AvgIpc) is 2.93. The number of hydrogen-bond donors (Lipinski definition) is 2. The van der Waals surface area contributed by atoms with Crippen LogP contribution in [-0.4, -0.2) is 32.7 Å². The molecule has 2 heterocycles. The molecular weight excluding hydrogens is 268 g/mol. The minimum absolute atomic E-state index is 0.529. The third-order valence-electron chi connectivity index (χ3n) is 2.94. The van der Waals surface area contributed by atoms with Crippen molar-refractivity contribution < 1.29 is 4.74 Å². The number of nitrogen functional groups attached to an aromatic ring is 1. The van der Waals surface area contributed by atoms with E-state index >= 15 is 0 Å². The quantitative estimate of drug-likeness (QED) is 0.545. The summed E-state index contributed by atoms with van der Waals surface area (Å²) in [6, 6.07) is 9.25. The molecule has 0 saturated carbocycles. The van der Waals surface area contributed by atoms with E-state index in [0.717, 1.165) is 22.9 Å². The summed E-state index contributed by atoms with van der Waals surface area (Å²) in [5.74, 6) is 2.22. The van der Waals surface area contributed by atoms with Crippen LogP contribution in [0.5, 0.6) is 5.75 Å². The fraction of sp³-hybridized carbons (Fsp3) is 0.214. The molecule has 0 atom stereocenters. The van der Waals surface area contributed by atoms with Gasteiger partial charge in [0.1, 0.15) is 24.5 Å². The van der Waals surface area contributed by atoms with Crippen molar-refractivity contribution in [1.29, 1.82) is 0 Å². The first kappa shape index (κ1) is 13.2. The lowest BCUT2D eigenvalue weighted by Gasteiger charge is -2.10. The number of ether oxygens (including phenoxy) is 1. The van der Waals surface area contributed by atoms with Crippen LogP contribution in [0.1, 0.15) is 5.69 Å². The molecule has 1 aromatic carbocycles. The standard InChI is InChI=1S/C14H16N6O/c1-10-8-13(20-14(19-10)17-9-18-20)16-6-7-21-12-4-2-11(15)3-5-12/h2-5,8-9,16H,6-7,15H2,1H3. The highest BCUT2D eigenvalue weighted by Gasteiger charge is 2.04. The van der Waals surface area contributed by atoms with E-state index in [1.807, 2.05) is 37.3 Å². The number of anilines is 2. The smallest absolute Gasteiger partial charge is 0.254 e. The molecule has 0 spiro atoms. The number of nitrogens with one attached hydrogen (secondary N) is 1. The summed E-state index contributed by atoms with van der Waals surface area (Å²) in [4.78, 5) is 8.37. The summed E-state index contributed by atoms with van der Waals surface area (Å²) in [6.45, 7) is 3.09. The fourth-order valence-corrected chi connectivity index (χ4v) is 1.97. The third kappa shape index (κ3) is 3.02. The van der Waals surface area contributed by atoms with Crippen molar-refractivity contribution in [2.75, 3.05) is 24.2 Å². The molecule has 7 nitrogen and oxygen atoms in total. The predicted octanol–water partition coefficient (Wildman–Crippen LogP) is 1.51. The number of hydrogen-bond acceptors (Lipinski definition) is 6. The summed E-state index contributed by atoms with van der Waals surface area (Å²) in [5.41, 5.74) is 7.23. The van der Waals surface area contributed by atoms with Crippen LogP contribution >= 0.6 is 0 Å². The van der Waals surface area contributed by atoms with E-state index < -0.39 is 0 Å². The van der Waals surface area contributed by atoms with E-state index in [2.05, 4.69) is 20.4 Å². The van der Waals surface area contributed by atoms with Crippen molar-refractivity contribution in [3.05, 3.63) is 42.4 Å².